The van der Waals surface area contributed by atoms with E-state index in [0.717, 1.165) is 48.1 Å². The highest BCUT2D eigenvalue weighted by atomic mass is 35.5. The summed E-state index contributed by atoms with van der Waals surface area (Å²) in [5, 5.41) is -0.216. The van der Waals surface area contributed by atoms with Gasteiger partial charge in [0.25, 0.3) is 5.91 Å². The van der Waals surface area contributed by atoms with Gasteiger partial charge in [0.1, 0.15) is 22.3 Å². The van der Waals surface area contributed by atoms with Gasteiger partial charge in [-0.3, -0.25) is 4.79 Å². The van der Waals surface area contributed by atoms with Gasteiger partial charge in [-0.1, -0.05) is 29.8 Å². The van der Waals surface area contributed by atoms with Gasteiger partial charge in [-0.2, -0.15) is 0 Å². The molecule has 0 aliphatic heterocycles. The third-order valence-corrected chi connectivity index (χ3v) is 11.0. The molecule has 0 spiro atoms. The van der Waals surface area contributed by atoms with Crippen LogP contribution in [0.15, 0.2) is 59.5 Å². The molecule has 43 heavy (non-hydrogen) atoms. The molecule has 1 saturated carbocycles. The van der Waals surface area contributed by atoms with Crippen molar-refractivity contribution in [3.8, 4) is 16.9 Å². The molecule has 6 nitrogen and oxygen atoms in total. The maximum Gasteiger partial charge on any atom is 0.266 e. The fourth-order valence-electron chi connectivity index (χ4n) is 5.63. The third kappa shape index (κ3) is 6.54. The predicted molar refractivity (Wildman–Crippen MR) is 168 cm³/mol. The number of sulfone groups is 1. The number of hydrogen-bond donors (Lipinski definition) is 0. The van der Waals surface area contributed by atoms with E-state index in [4.69, 9.17) is 28.1 Å². The van der Waals surface area contributed by atoms with Gasteiger partial charge in [0.05, 0.1) is 27.1 Å². The second kappa shape index (κ2) is 12.7. The Hall–Kier alpha value is -2.76. The summed E-state index contributed by atoms with van der Waals surface area (Å²) in [6, 6.07) is 14.1. The maximum atomic E-state index is 14.7. The summed E-state index contributed by atoms with van der Waals surface area (Å²) in [5.41, 5.74) is 2.11. The van der Waals surface area contributed by atoms with Crippen LogP contribution in [-0.2, 0) is 16.4 Å². The fraction of sp³-hybridized carbons (Fsp3) is 0.323. The van der Waals surface area contributed by atoms with Crippen molar-refractivity contribution in [2.75, 3.05) is 20.4 Å². The first kappa shape index (κ1) is 31.7. The van der Waals surface area contributed by atoms with Crippen LogP contribution in [0.2, 0.25) is 5.02 Å². The number of hydrogen-bond acceptors (Lipinski definition) is 6. The summed E-state index contributed by atoms with van der Waals surface area (Å²) in [6.45, 7) is 0.128. The Morgan fingerprint density at radius 1 is 1.00 bits per heavy atom. The van der Waals surface area contributed by atoms with E-state index in [9.17, 15) is 22.0 Å². The number of carbonyl (C=O) groups excluding carboxylic acids is 1. The molecule has 12 heteroatoms. The minimum absolute atomic E-state index is 0.00823. The van der Waals surface area contributed by atoms with Crippen LogP contribution in [0.25, 0.3) is 21.2 Å². The number of methoxy groups -OCH3 is 1. The number of nitrogens with zero attached hydrogens (tertiary/aromatic N) is 2. The zero-order chi connectivity index (χ0) is 31.1. The average Bonchev–Trinajstić information content (AvgIpc) is 3.35. The van der Waals surface area contributed by atoms with E-state index in [1.807, 2.05) is 25.2 Å². The second-order valence-electron chi connectivity index (χ2n) is 10.7. The number of ether oxygens (including phenoxy) is 1. The van der Waals surface area contributed by atoms with Crippen LogP contribution < -0.4 is 4.74 Å². The van der Waals surface area contributed by atoms with Crippen LogP contribution in [-0.4, -0.2) is 56.1 Å². The van der Waals surface area contributed by atoms with Gasteiger partial charge in [-0.05, 0) is 85.0 Å². The first-order valence-electron chi connectivity index (χ1n) is 13.6. The van der Waals surface area contributed by atoms with Crippen molar-refractivity contribution in [1.29, 1.82) is 0 Å². The van der Waals surface area contributed by atoms with Crippen LogP contribution in [0.5, 0.6) is 5.75 Å². The summed E-state index contributed by atoms with van der Waals surface area (Å²) >= 11 is 13.6. The summed E-state index contributed by atoms with van der Waals surface area (Å²) in [7, 11) is -0.0762. The lowest BCUT2D eigenvalue weighted by molar-refractivity contribution is 0.0589. The van der Waals surface area contributed by atoms with Crippen molar-refractivity contribution < 1.29 is 26.7 Å². The van der Waals surface area contributed by atoms with Crippen LogP contribution in [0, 0.1) is 11.6 Å². The number of rotatable bonds is 8. The molecule has 0 radical (unpaired) electrons. The monoisotopic (exact) mass is 666 g/mol. The van der Waals surface area contributed by atoms with E-state index >= 15 is 0 Å². The topological polar surface area (TPSA) is 66.9 Å². The van der Waals surface area contributed by atoms with Crippen molar-refractivity contribution in [2.24, 2.45) is 0 Å². The van der Waals surface area contributed by atoms with Gasteiger partial charge in [0.15, 0.2) is 9.84 Å². The van der Waals surface area contributed by atoms with Crippen molar-refractivity contribution in [3.63, 3.8) is 0 Å². The van der Waals surface area contributed by atoms with Gasteiger partial charge in [-0.15, -0.1) is 11.3 Å². The summed E-state index contributed by atoms with van der Waals surface area (Å²) in [4.78, 5) is 16.2. The minimum Gasteiger partial charge on any atom is -0.496 e. The largest absolute Gasteiger partial charge is 0.496 e. The van der Waals surface area contributed by atoms with Gasteiger partial charge in [0, 0.05) is 37.5 Å². The smallest absolute Gasteiger partial charge is 0.266 e. The number of carbonyl (C=O) groups is 1. The molecule has 0 saturated heterocycles. The van der Waals surface area contributed by atoms with E-state index in [0.29, 0.717) is 29.7 Å². The van der Waals surface area contributed by atoms with E-state index in [-0.39, 0.29) is 43.5 Å². The van der Waals surface area contributed by atoms with Crippen molar-refractivity contribution >= 4 is 60.5 Å². The quantitative estimate of drug-likeness (QED) is 0.179. The highest BCUT2D eigenvalue weighted by Crippen LogP contribution is 2.41. The molecule has 0 bridgehead atoms. The zero-order valence-corrected chi connectivity index (χ0v) is 26.9. The van der Waals surface area contributed by atoms with E-state index in [1.165, 1.54) is 7.11 Å². The first-order chi connectivity index (χ1) is 20.4. The standard InChI is InChI=1S/C31H30Cl2F2N2O4S2/c1-36(33)21-8-10-22(11-9-21)37(31(38)30-28(32)27-24(34)12-13-25(35)29(27)42-30)17-20-15-19(7-14-26(20)41-2)18-5-4-6-23(16-18)43(3,39)40/h4-7,12-16,21-22H,8-11,17H2,1-3H3/t21-,22-. The molecule has 1 amide bonds. The van der Waals surface area contributed by atoms with E-state index in [2.05, 4.69) is 0 Å². The van der Waals surface area contributed by atoms with Crippen LogP contribution in [0.4, 0.5) is 8.78 Å². The van der Waals surface area contributed by atoms with Gasteiger partial charge in [-0.25, -0.2) is 21.6 Å². The Labute approximate surface area is 263 Å². The second-order valence-corrected chi connectivity index (χ2v) is 14.7. The summed E-state index contributed by atoms with van der Waals surface area (Å²) in [6.07, 6.45) is 4.00. The van der Waals surface area contributed by atoms with E-state index < -0.39 is 27.4 Å². The highest BCUT2D eigenvalue weighted by Gasteiger charge is 2.34. The van der Waals surface area contributed by atoms with Crippen molar-refractivity contribution in [2.45, 2.75) is 49.2 Å². The molecule has 1 aliphatic rings. The number of amides is 1. The Bertz CT molecular complexity index is 1790. The Morgan fingerprint density at radius 2 is 1.65 bits per heavy atom. The summed E-state index contributed by atoms with van der Waals surface area (Å²) < 4.78 is 61.0. The van der Waals surface area contributed by atoms with Crippen molar-refractivity contribution in [3.05, 3.63) is 81.7 Å². The lowest BCUT2D eigenvalue weighted by Gasteiger charge is -2.38. The molecule has 0 N–H and O–H groups in total. The Balaban J connectivity index is 1.57. The van der Waals surface area contributed by atoms with Crippen molar-refractivity contribution in [1.82, 2.24) is 9.32 Å². The number of halogens is 4. The SMILES string of the molecule is COc1ccc(-c2cccc(S(C)(=O)=O)c2)cc1CN(C(=O)c1sc2c(F)ccc(F)c2c1Cl)[C@H]1CC[C@H](N(C)Cl)CC1. The van der Waals surface area contributed by atoms with Crippen LogP contribution >= 0.6 is 34.7 Å². The average molecular weight is 668 g/mol. The maximum absolute atomic E-state index is 14.7. The third-order valence-electron chi connectivity index (χ3n) is 7.96. The normalized spacial score (nSPS) is 17.4. The molecular weight excluding hydrogens is 637 g/mol. The van der Waals surface area contributed by atoms with Crippen LogP contribution in [0.1, 0.15) is 40.9 Å². The molecule has 1 fully saturated rings. The molecule has 1 aromatic heterocycles. The Morgan fingerprint density at radius 3 is 2.28 bits per heavy atom. The lowest BCUT2D eigenvalue weighted by atomic mass is 9.89. The number of fused-ring (bicyclic) bond motifs is 1. The molecule has 0 atom stereocenters. The fourth-order valence-corrected chi connectivity index (χ4v) is 8.00. The molecule has 228 valence electrons. The Kier molecular flexibility index (Phi) is 9.34. The molecule has 1 heterocycles. The lowest BCUT2D eigenvalue weighted by Crippen LogP contribution is -2.44. The van der Waals surface area contributed by atoms with E-state index in [1.54, 1.807) is 33.6 Å². The summed E-state index contributed by atoms with van der Waals surface area (Å²) in [5.74, 6) is -1.24. The van der Waals surface area contributed by atoms with Gasteiger partial charge < -0.3 is 9.64 Å². The number of thiophene rings is 1. The molecule has 0 unspecified atom stereocenters. The van der Waals surface area contributed by atoms with Gasteiger partial charge >= 0.3 is 0 Å². The first-order valence-corrected chi connectivity index (χ1v) is 17.0. The van der Waals surface area contributed by atoms with Gasteiger partial charge in [0.2, 0.25) is 0 Å². The predicted octanol–water partition coefficient (Wildman–Crippen LogP) is 7.95. The zero-order valence-electron chi connectivity index (χ0n) is 23.7. The molecule has 5 rings (SSSR count). The molecular formula is C31H30Cl2F2N2O4S2. The number of benzene rings is 3. The molecule has 4 aromatic rings. The molecule has 3 aromatic carbocycles. The molecule has 1 aliphatic carbocycles. The minimum atomic E-state index is -3.42. The van der Waals surface area contributed by atoms with Crippen LogP contribution in [0.3, 0.4) is 0 Å². The highest BCUT2D eigenvalue weighted by molar-refractivity contribution is 7.90.